The van der Waals surface area contributed by atoms with Gasteiger partial charge in [-0.25, -0.2) is 0 Å². The van der Waals surface area contributed by atoms with Crippen LogP contribution in [-0.4, -0.2) is 23.2 Å². The maximum absolute atomic E-state index is 11.0. The van der Waals surface area contributed by atoms with Crippen LogP contribution in [0.4, 0.5) is 0 Å². The lowest BCUT2D eigenvalue weighted by atomic mass is 10.1. The largest absolute Gasteiger partial charge is 0.480 e. The summed E-state index contributed by atoms with van der Waals surface area (Å²) < 4.78 is 0. The number of carboxylic acids is 1. The molecule has 0 aliphatic rings. The van der Waals surface area contributed by atoms with Crippen molar-refractivity contribution in [2.75, 3.05) is 0 Å². The molecule has 2 unspecified atom stereocenters. The van der Waals surface area contributed by atoms with Crippen LogP contribution in [0.1, 0.15) is 36.4 Å². The van der Waals surface area contributed by atoms with Gasteiger partial charge in [0.2, 0.25) is 0 Å². The highest BCUT2D eigenvalue weighted by Crippen LogP contribution is 2.17. The second kappa shape index (κ2) is 6.77. The Balaban J connectivity index is 2.47. The minimum Gasteiger partial charge on any atom is -0.480 e. The van der Waals surface area contributed by atoms with Crippen molar-refractivity contribution >= 4 is 17.3 Å². The molecule has 1 aromatic heterocycles. The number of hydrogen-bond donors (Lipinski definition) is 2. The fourth-order valence-corrected chi connectivity index (χ4v) is 2.88. The van der Waals surface area contributed by atoms with E-state index >= 15 is 0 Å². The Morgan fingerprint density at radius 3 is 2.71 bits per heavy atom. The van der Waals surface area contributed by atoms with Crippen molar-refractivity contribution in [3.63, 3.8) is 0 Å². The molecule has 0 spiro atoms. The van der Waals surface area contributed by atoms with Crippen LogP contribution in [0, 0.1) is 6.92 Å². The van der Waals surface area contributed by atoms with E-state index in [4.69, 9.17) is 5.11 Å². The zero-order chi connectivity index (χ0) is 12.8. The highest BCUT2D eigenvalue weighted by Gasteiger charge is 2.18. The number of thiophene rings is 1. The summed E-state index contributed by atoms with van der Waals surface area (Å²) in [7, 11) is 0. The van der Waals surface area contributed by atoms with Gasteiger partial charge in [0.1, 0.15) is 6.04 Å². The molecule has 1 heterocycles. The molecule has 4 heteroatoms. The average Bonchev–Trinajstić information content (AvgIpc) is 2.63. The van der Waals surface area contributed by atoms with Crippen molar-refractivity contribution in [3.8, 4) is 0 Å². The average molecular weight is 255 g/mol. The Bertz CT molecular complexity index is 362. The van der Waals surface area contributed by atoms with Crippen LogP contribution in [0.5, 0.6) is 0 Å². The first-order valence-electron chi connectivity index (χ1n) is 6.07. The maximum atomic E-state index is 11.0. The third-order valence-corrected chi connectivity index (χ3v) is 3.69. The molecule has 0 amide bonds. The number of aliphatic carboxylic acids is 1. The van der Waals surface area contributed by atoms with Crippen LogP contribution in [0.15, 0.2) is 12.1 Å². The predicted molar refractivity (Wildman–Crippen MR) is 71.7 cm³/mol. The zero-order valence-corrected chi connectivity index (χ0v) is 11.5. The van der Waals surface area contributed by atoms with Gasteiger partial charge in [0.05, 0.1) is 0 Å². The molecule has 0 saturated carbocycles. The van der Waals surface area contributed by atoms with Gasteiger partial charge < -0.3 is 10.4 Å². The second-order valence-electron chi connectivity index (χ2n) is 4.46. The SMILES string of the molecule is CCCC(NC(C)Cc1ccc(C)s1)C(=O)O. The van der Waals surface area contributed by atoms with Gasteiger partial charge in [-0.1, -0.05) is 13.3 Å². The number of rotatable bonds is 7. The van der Waals surface area contributed by atoms with E-state index in [1.807, 2.05) is 13.8 Å². The van der Waals surface area contributed by atoms with Crippen molar-refractivity contribution in [1.29, 1.82) is 0 Å². The van der Waals surface area contributed by atoms with Crippen molar-refractivity contribution < 1.29 is 9.90 Å². The number of carbonyl (C=O) groups is 1. The first-order valence-corrected chi connectivity index (χ1v) is 6.88. The number of aryl methyl sites for hydroxylation is 1. The zero-order valence-electron chi connectivity index (χ0n) is 10.7. The van der Waals surface area contributed by atoms with Crippen molar-refractivity contribution in [1.82, 2.24) is 5.32 Å². The van der Waals surface area contributed by atoms with E-state index in [-0.39, 0.29) is 6.04 Å². The smallest absolute Gasteiger partial charge is 0.320 e. The monoisotopic (exact) mass is 255 g/mol. The number of hydrogen-bond acceptors (Lipinski definition) is 3. The summed E-state index contributed by atoms with van der Waals surface area (Å²) in [5, 5.41) is 12.2. The Morgan fingerprint density at radius 2 is 2.24 bits per heavy atom. The molecule has 0 aromatic carbocycles. The van der Waals surface area contributed by atoms with Gasteiger partial charge in [0, 0.05) is 15.8 Å². The summed E-state index contributed by atoms with van der Waals surface area (Å²) in [6, 6.07) is 4.00. The van der Waals surface area contributed by atoms with Crippen molar-refractivity contribution in [2.24, 2.45) is 0 Å². The molecule has 0 fully saturated rings. The highest BCUT2D eigenvalue weighted by atomic mass is 32.1. The number of nitrogens with one attached hydrogen (secondary N) is 1. The van der Waals surface area contributed by atoms with E-state index in [0.717, 1.165) is 12.8 Å². The summed E-state index contributed by atoms with van der Waals surface area (Å²) >= 11 is 1.78. The van der Waals surface area contributed by atoms with Gasteiger partial charge >= 0.3 is 5.97 Å². The molecule has 0 aliphatic carbocycles. The van der Waals surface area contributed by atoms with Gasteiger partial charge in [0.25, 0.3) is 0 Å². The van der Waals surface area contributed by atoms with E-state index in [1.54, 1.807) is 11.3 Å². The third kappa shape index (κ3) is 4.88. The minimum absolute atomic E-state index is 0.195. The van der Waals surface area contributed by atoms with E-state index in [1.165, 1.54) is 9.75 Å². The van der Waals surface area contributed by atoms with Crippen molar-refractivity contribution in [3.05, 3.63) is 21.9 Å². The fourth-order valence-electron chi connectivity index (χ4n) is 1.87. The van der Waals surface area contributed by atoms with Gasteiger partial charge in [-0.05, 0) is 38.8 Å². The first kappa shape index (κ1) is 14.2. The summed E-state index contributed by atoms with van der Waals surface area (Å²) in [6.45, 7) is 6.13. The molecule has 0 aliphatic heterocycles. The number of carboxylic acid groups (broad SMARTS) is 1. The van der Waals surface area contributed by atoms with Crippen LogP contribution in [0.2, 0.25) is 0 Å². The van der Waals surface area contributed by atoms with Crippen molar-refractivity contribution in [2.45, 2.75) is 52.1 Å². The lowest BCUT2D eigenvalue weighted by Crippen LogP contribution is -2.42. The van der Waals surface area contributed by atoms with E-state index < -0.39 is 12.0 Å². The fraction of sp³-hybridized carbons (Fsp3) is 0.615. The molecule has 2 atom stereocenters. The van der Waals surface area contributed by atoms with Crippen LogP contribution >= 0.6 is 11.3 Å². The summed E-state index contributed by atoms with van der Waals surface area (Å²) in [4.78, 5) is 13.6. The van der Waals surface area contributed by atoms with Gasteiger partial charge in [-0.3, -0.25) is 4.79 Å². The second-order valence-corrected chi connectivity index (χ2v) is 5.84. The Kier molecular flexibility index (Phi) is 5.65. The molecule has 96 valence electrons. The van der Waals surface area contributed by atoms with Gasteiger partial charge in [-0.15, -0.1) is 11.3 Å². The summed E-state index contributed by atoms with van der Waals surface area (Å²) in [6.07, 6.45) is 2.46. The van der Waals surface area contributed by atoms with Gasteiger partial charge in [0.15, 0.2) is 0 Å². The predicted octanol–water partition coefficient (Wildman–Crippen LogP) is 2.83. The van der Waals surface area contributed by atoms with Gasteiger partial charge in [-0.2, -0.15) is 0 Å². The lowest BCUT2D eigenvalue weighted by Gasteiger charge is -2.19. The standard InChI is InChI=1S/C13H21NO2S/c1-4-5-12(13(15)16)14-9(2)8-11-7-6-10(3)17-11/h6-7,9,12,14H,4-5,8H2,1-3H3,(H,15,16). The van der Waals surface area contributed by atoms with E-state index in [9.17, 15) is 4.79 Å². The molecule has 0 radical (unpaired) electrons. The summed E-state index contributed by atoms with van der Waals surface area (Å²) in [5.74, 6) is -0.749. The molecule has 0 bridgehead atoms. The molecule has 2 N–H and O–H groups in total. The molecule has 1 aromatic rings. The van der Waals surface area contributed by atoms with E-state index in [0.29, 0.717) is 6.42 Å². The maximum Gasteiger partial charge on any atom is 0.320 e. The normalized spacial score (nSPS) is 14.5. The van der Waals surface area contributed by atoms with Crippen LogP contribution in [0.25, 0.3) is 0 Å². The van der Waals surface area contributed by atoms with E-state index in [2.05, 4.69) is 24.4 Å². The molecule has 1 rings (SSSR count). The quantitative estimate of drug-likeness (QED) is 0.787. The summed E-state index contributed by atoms with van der Waals surface area (Å²) in [5.41, 5.74) is 0. The Labute approximate surface area is 107 Å². The lowest BCUT2D eigenvalue weighted by molar-refractivity contribution is -0.139. The van der Waals surface area contributed by atoms with Crippen LogP contribution < -0.4 is 5.32 Å². The first-order chi connectivity index (χ1) is 8.02. The molecule has 17 heavy (non-hydrogen) atoms. The van der Waals surface area contributed by atoms with Crippen LogP contribution in [0.3, 0.4) is 0 Å². The topological polar surface area (TPSA) is 49.3 Å². The molecule has 3 nitrogen and oxygen atoms in total. The highest BCUT2D eigenvalue weighted by molar-refractivity contribution is 7.11. The van der Waals surface area contributed by atoms with Crippen LogP contribution in [-0.2, 0) is 11.2 Å². The Hall–Kier alpha value is -0.870. The molecular weight excluding hydrogens is 234 g/mol. The molecular formula is C13H21NO2S. The minimum atomic E-state index is -0.749. The molecule has 0 saturated heterocycles. The Morgan fingerprint density at radius 1 is 1.53 bits per heavy atom. The third-order valence-electron chi connectivity index (χ3n) is 2.66.